The fourth-order valence-electron chi connectivity index (χ4n) is 2.73. The van der Waals surface area contributed by atoms with Gasteiger partial charge in [0.25, 0.3) is 5.91 Å². The summed E-state index contributed by atoms with van der Waals surface area (Å²) in [7, 11) is 0. The molecule has 0 bridgehead atoms. The van der Waals surface area contributed by atoms with E-state index in [1.54, 1.807) is 24.5 Å². The molecule has 1 saturated heterocycles. The lowest BCUT2D eigenvalue weighted by molar-refractivity contribution is -0.0246. The summed E-state index contributed by atoms with van der Waals surface area (Å²) in [5.74, 6) is 0.0652. The largest absolute Gasteiger partial charge is 0.375 e. The minimum atomic E-state index is 0.0652. The van der Waals surface area contributed by atoms with E-state index in [0.29, 0.717) is 25.3 Å². The van der Waals surface area contributed by atoms with Gasteiger partial charge in [0.1, 0.15) is 0 Å². The van der Waals surface area contributed by atoms with E-state index in [4.69, 9.17) is 4.74 Å². The van der Waals surface area contributed by atoms with Crippen molar-refractivity contribution in [3.05, 3.63) is 66.0 Å². The molecule has 0 N–H and O–H groups in total. The Morgan fingerprint density at radius 2 is 1.95 bits per heavy atom. The number of ether oxygens (including phenoxy) is 1. The van der Waals surface area contributed by atoms with Gasteiger partial charge in [0.2, 0.25) is 0 Å². The lowest BCUT2D eigenvalue weighted by Gasteiger charge is -2.33. The first-order chi connectivity index (χ1) is 10.8. The molecule has 1 aromatic heterocycles. The van der Waals surface area contributed by atoms with Crippen LogP contribution in [0.25, 0.3) is 0 Å². The molecule has 1 atom stereocenters. The fraction of sp³-hybridized carbons (Fsp3) is 0.333. The van der Waals surface area contributed by atoms with Crippen LogP contribution in [0.2, 0.25) is 0 Å². The first kappa shape index (κ1) is 14.7. The van der Waals surface area contributed by atoms with Crippen molar-refractivity contribution < 1.29 is 9.53 Å². The topological polar surface area (TPSA) is 42.4 Å². The number of carbonyl (C=O) groups excluding carboxylic acids is 1. The Kier molecular flexibility index (Phi) is 4.81. The molecule has 0 spiro atoms. The average Bonchev–Trinajstić information content (AvgIpc) is 2.61. The number of benzene rings is 1. The summed E-state index contributed by atoms with van der Waals surface area (Å²) in [6.45, 7) is 1.92. The van der Waals surface area contributed by atoms with E-state index in [9.17, 15) is 4.79 Å². The molecule has 2 heterocycles. The second-order valence-corrected chi connectivity index (χ2v) is 5.50. The van der Waals surface area contributed by atoms with E-state index < -0.39 is 0 Å². The van der Waals surface area contributed by atoms with Crippen LogP contribution < -0.4 is 0 Å². The smallest absolute Gasteiger partial charge is 0.254 e. The number of amides is 1. The molecule has 3 rings (SSSR count). The number of hydrogen-bond donors (Lipinski definition) is 0. The second-order valence-electron chi connectivity index (χ2n) is 5.50. The van der Waals surface area contributed by atoms with E-state index in [1.807, 2.05) is 11.0 Å². The molecule has 2 aromatic rings. The maximum atomic E-state index is 12.5. The zero-order valence-electron chi connectivity index (χ0n) is 12.5. The van der Waals surface area contributed by atoms with Crippen molar-refractivity contribution in [3.63, 3.8) is 0 Å². The molecule has 4 nitrogen and oxygen atoms in total. The van der Waals surface area contributed by atoms with Crippen LogP contribution in [0.3, 0.4) is 0 Å². The summed E-state index contributed by atoms with van der Waals surface area (Å²) < 4.78 is 5.81. The van der Waals surface area contributed by atoms with Crippen molar-refractivity contribution in [3.8, 4) is 0 Å². The summed E-state index contributed by atoms with van der Waals surface area (Å²) in [4.78, 5) is 18.3. The Balaban J connectivity index is 1.56. The SMILES string of the molecule is O=C(c1ccncc1)N1CCOC(CCc2ccccc2)C1. The van der Waals surface area contributed by atoms with E-state index in [1.165, 1.54) is 5.56 Å². The molecule has 114 valence electrons. The molecule has 1 aliphatic heterocycles. The van der Waals surface area contributed by atoms with Gasteiger partial charge < -0.3 is 9.64 Å². The Morgan fingerprint density at radius 3 is 2.73 bits per heavy atom. The molecule has 0 aliphatic carbocycles. The second kappa shape index (κ2) is 7.18. The monoisotopic (exact) mass is 296 g/mol. The van der Waals surface area contributed by atoms with Crippen LogP contribution in [0.1, 0.15) is 22.3 Å². The van der Waals surface area contributed by atoms with Gasteiger partial charge in [-0.25, -0.2) is 0 Å². The van der Waals surface area contributed by atoms with Gasteiger partial charge in [-0.1, -0.05) is 30.3 Å². The molecule has 0 radical (unpaired) electrons. The standard InChI is InChI=1S/C18H20N2O2/c21-18(16-8-10-19-11-9-16)20-12-13-22-17(14-20)7-6-15-4-2-1-3-5-15/h1-5,8-11,17H,6-7,12-14H2. The van der Waals surface area contributed by atoms with Crippen molar-refractivity contribution in [2.24, 2.45) is 0 Å². The van der Waals surface area contributed by atoms with Crippen LogP contribution in [-0.4, -0.2) is 41.6 Å². The molecule has 1 fully saturated rings. The molecule has 4 heteroatoms. The van der Waals surface area contributed by atoms with Crippen LogP contribution in [0.4, 0.5) is 0 Å². The van der Waals surface area contributed by atoms with Crippen LogP contribution in [0.15, 0.2) is 54.9 Å². The van der Waals surface area contributed by atoms with E-state index in [-0.39, 0.29) is 12.0 Å². The highest BCUT2D eigenvalue weighted by atomic mass is 16.5. The quantitative estimate of drug-likeness (QED) is 0.871. The number of pyridine rings is 1. The molecule has 0 saturated carbocycles. The third-order valence-corrected chi connectivity index (χ3v) is 3.95. The van der Waals surface area contributed by atoms with Crippen LogP contribution >= 0.6 is 0 Å². The number of rotatable bonds is 4. The van der Waals surface area contributed by atoms with Gasteiger partial charge in [0.05, 0.1) is 12.7 Å². The highest BCUT2D eigenvalue weighted by Crippen LogP contribution is 2.14. The predicted octanol–water partition coefficient (Wildman–Crippen LogP) is 2.56. The van der Waals surface area contributed by atoms with E-state index in [0.717, 1.165) is 12.8 Å². The van der Waals surface area contributed by atoms with Gasteiger partial charge in [0.15, 0.2) is 0 Å². The van der Waals surface area contributed by atoms with Crippen molar-refractivity contribution in [1.82, 2.24) is 9.88 Å². The van der Waals surface area contributed by atoms with Crippen LogP contribution in [0.5, 0.6) is 0 Å². The zero-order chi connectivity index (χ0) is 15.2. The van der Waals surface area contributed by atoms with Gasteiger partial charge in [-0.3, -0.25) is 9.78 Å². The summed E-state index contributed by atoms with van der Waals surface area (Å²) >= 11 is 0. The lowest BCUT2D eigenvalue weighted by atomic mass is 10.1. The Morgan fingerprint density at radius 1 is 1.18 bits per heavy atom. The number of hydrogen-bond acceptors (Lipinski definition) is 3. The number of aromatic nitrogens is 1. The highest BCUT2D eigenvalue weighted by molar-refractivity contribution is 5.94. The van der Waals surface area contributed by atoms with Gasteiger partial charge in [-0.2, -0.15) is 0 Å². The molecule has 1 amide bonds. The van der Waals surface area contributed by atoms with Crippen molar-refractivity contribution in [2.75, 3.05) is 19.7 Å². The normalized spacial score (nSPS) is 18.2. The van der Waals surface area contributed by atoms with Gasteiger partial charge in [-0.15, -0.1) is 0 Å². The van der Waals surface area contributed by atoms with Crippen molar-refractivity contribution in [1.29, 1.82) is 0 Å². The fourth-order valence-corrected chi connectivity index (χ4v) is 2.73. The molecular formula is C18H20N2O2. The van der Waals surface area contributed by atoms with Crippen molar-refractivity contribution >= 4 is 5.91 Å². The summed E-state index contributed by atoms with van der Waals surface area (Å²) in [6.07, 6.45) is 5.33. The predicted molar refractivity (Wildman–Crippen MR) is 84.6 cm³/mol. The minimum absolute atomic E-state index is 0.0652. The highest BCUT2D eigenvalue weighted by Gasteiger charge is 2.24. The molecule has 1 aliphatic rings. The van der Waals surface area contributed by atoms with E-state index in [2.05, 4.69) is 29.2 Å². The molecular weight excluding hydrogens is 276 g/mol. The lowest BCUT2D eigenvalue weighted by Crippen LogP contribution is -2.45. The van der Waals surface area contributed by atoms with Gasteiger partial charge >= 0.3 is 0 Å². The number of carbonyl (C=O) groups is 1. The van der Waals surface area contributed by atoms with E-state index >= 15 is 0 Å². The first-order valence-corrected chi connectivity index (χ1v) is 7.68. The number of aryl methyl sites for hydroxylation is 1. The van der Waals surface area contributed by atoms with Gasteiger partial charge in [-0.05, 0) is 30.5 Å². The maximum absolute atomic E-state index is 12.5. The number of nitrogens with zero attached hydrogens (tertiary/aromatic N) is 2. The average molecular weight is 296 g/mol. The Hall–Kier alpha value is -2.20. The third-order valence-electron chi connectivity index (χ3n) is 3.95. The third kappa shape index (κ3) is 3.71. The maximum Gasteiger partial charge on any atom is 0.254 e. The Labute approximate surface area is 130 Å². The molecule has 1 unspecified atom stereocenters. The van der Waals surface area contributed by atoms with Crippen LogP contribution in [0, 0.1) is 0 Å². The minimum Gasteiger partial charge on any atom is -0.375 e. The van der Waals surface area contributed by atoms with Crippen LogP contribution in [-0.2, 0) is 11.2 Å². The zero-order valence-corrected chi connectivity index (χ0v) is 12.5. The molecule has 22 heavy (non-hydrogen) atoms. The summed E-state index contributed by atoms with van der Waals surface area (Å²) in [5.41, 5.74) is 2.00. The summed E-state index contributed by atoms with van der Waals surface area (Å²) in [6, 6.07) is 13.9. The Bertz CT molecular complexity index is 601. The molecule has 1 aromatic carbocycles. The van der Waals surface area contributed by atoms with Crippen molar-refractivity contribution in [2.45, 2.75) is 18.9 Å². The number of morpholine rings is 1. The first-order valence-electron chi connectivity index (χ1n) is 7.68. The van der Waals surface area contributed by atoms with Gasteiger partial charge in [0, 0.05) is 31.0 Å². The summed E-state index contributed by atoms with van der Waals surface area (Å²) in [5, 5.41) is 0.